The van der Waals surface area contributed by atoms with Crippen molar-refractivity contribution in [3.8, 4) is 0 Å². The molecule has 94 valence electrons. The van der Waals surface area contributed by atoms with Gasteiger partial charge in [0.1, 0.15) is 5.82 Å². The van der Waals surface area contributed by atoms with Crippen LogP contribution < -0.4 is 5.32 Å². The molecule has 0 radical (unpaired) electrons. The fraction of sp³-hybridized carbons (Fsp3) is 0.545. The van der Waals surface area contributed by atoms with Crippen LogP contribution in [0.15, 0.2) is 12.3 Å². The van der Waals surface area contributed by atoms with Gasteiger partial charge in [0.2, 0.25) is 0 Å². The van der Waals surface area contributed by atoms with Gasteiger partial charge in [0, 0.05) is 32.4 Å². The Balaban J connectivity index is 1.77. The Morgan fingerprint density at radius 3 is 2.82 bits per heavy atom. The number of morpholine rings is 1. The molecule has 0 spiro atoms. The summed E-state index contributed by atoms with van der Waals surface area (Å²) in [5.41, 5.74) is 0. The molecule has 0 aromatic carbocycles. The minimum absolute atomic E-state index is 0.550. The quantitative estimate of drug-likeness (QED) is 0.914. The maximum atomic E-state index is 6.01. The summed E-state index contributed by atoms with van der Waals surface area (Å²) in [6.07, 6.45) is 1.59. The average Bonchev–Trinajstić information content (AvgIpc) is 2.33. The zero-order chi connectivity index (χ0) is 12.1. The summed E-state index contributed by atoms with van der Waals surface area (Å²) >= 11 is 11.8. The zero-order valence-corrected chi connectivity index (χ0v) is 11.0. The normalized spacial score (nSPS) is 17.1. The topological polar surface area (TPSA) is 37.4 Å². The minimum atomic E-state index is 0.550. The van der Waals surface area contributed by atoms with Crippen molar-refractivity contribution in [3.05, 3.63) is 22.3 Å². The van der Waals surface area contributed by atoms with Gasteiger partial charge in [-0.05, 0) is 6.07 Å². The summed E-state index contributed by atoms with van der Waals surface area (Å²) in [5, 5.41) is 4.31. The second-order valence-electron chi connectivity index (χ2n) is 3.86. The first-order valence-corrected chi connectivity index (χ1v) is 6.36. The molecule has 2 rings (SSSR count). The molecular weight excluding hydrogens is 261 g/mol. The van der Waals surface area contributed by atoms with Crippen molar-refractivity contribution >= 4 is 29.0 Å². The van der Waals surface area contributed by atoms with E-state index in [1.165, 1.54) is 0 Å². The van der Waals surface area contributed by atoms with Gasteiger partial charge in [-0.25, -0.2) is 4.98 Å². The van der Waals surface area contributed by atoms with E-state index in [0.29, 0.717) is 15.9 Å². The lowest BCUT2D eigenvalue weighted by molar-refractivity contribution is 0.0398. The van der Waals surface area contributed by atoms with Crippen LogP contribution in [0.5, 0.6) is 0 Å². The molecule has 1 saturated heterocycles. The standard InChI is InChI=1S/C11H15Cl2N3O/c12-9-7-10(13)11(15-8-9)14-1-2-16-3-5-17-6-4-16/h7-8H,1-6H2,(H,14,15). The molecular formula is C11H15Cl2N3O. The van der Waals surface area contributed by atoms with E-state index < -0.39 is 0 Å². The number of aromatic nitrogens is 1. The second-order valence-corrected chi connectivity index (χ2v) is 4.71. The number of anilines is 1. The second kappa shape index (κ2) is 6.40. The highest BCUT2D eigenvalue weighted by Gasteiger charge is 2.09. The molecule has 1 N–H and O–H groups in total. The third-order valence-corrected chi connectivity index (χ3v) is 3.13. The van der Waals surface area contributed by atoms with Crippen molar-refractivity contribution in [2.24, 2.45) is 0 Å². The summed E-state index contributed by atoms with van der Waals surface area (Å²) in [6.45, 7) is 5.39. The molecule has 0 saturated carbocycles. The van der Waals surface area contributed by atoms with Crippen LogP contribution in [0.25, 0.3) is 0 Å². The van der Waals surface area contributed by atoms with Crippen LogP contribution in [0.2, 0.25) is 10.0 Å². The molecule has 0 amide bonds. The van der Waals surface area contributed by atoms with Crippen LogP contribution in [-0.4, -0.2) is 49.3 Å². The van der Waals surface area contributed by atoms with Gasteiger partial charge in [-0.2, -0.15) is 0 Å². The van der Waals surface area contributed by atoms with Crippen LogP contribution in [0.3, 0.4) is 0 Å². The van der Waals surface area contributed by atoms with Gasteiger partial charge in [0.15, 0.2) is 0 Å². The van der Waals surface area contributed by atoms with Crippen LogP contribution >= 0.6 is 23.2 Å². The van der Waals surface area contributed by atoms with E-state index in [1.807, 2.05) is 0 Å². The first kappa shape index (κ1) is 12.9. The first-order valence-electron chi connectivity index (χ1n) is 5.61. The van der Waals surface area contributed by atoms with E-state index in [2.05, 4.69) is 15.2 Å². The SMILES string of the molecule is Clc1cnc(NCCN2CCOCC2)c(Cl)c1. The molecule has 1 aromatic rings. The summed E-state index contributed by atoms with van der Waals surface area (Å²) in [4.78, 5) is 6.49. The number of nitrogens with zero attached hydrogens (tertiary/aromatic N) is 2. The van der Waals surface area contributed by atoms with Gasteiger partial charge >= 0.3 is 0 Å². The highest BCUT2D eigenvalue weighted by Crippen LogP contribution is 2.22. The summed E-state index contributed by atoms with van der Waals surface area (Å²) in [5.74, 6) is 0.685. The summed E-state index contributed by atoms with van der Waals surface area (Å²) < 4.78 is 5.29. The third-order valence-electron chi connectivity index (χ3n) is 2.63. The van der Waals surface area contributed by atoms with Crippen LogP contribution in [0.4, 0.5) is 5.82 Å². The van der Waals surface area contributed by atoms with E-state index in [4.69, 9.17) is 27.9 Å². The molecule has 1 fully saturated rings. The molecule has 6 heteroatoms. The van der Waals surface area contributed by atoms with Gasteiger partial charge in [0.25, 0.3) is 0 Å². The average molecular weight is 276 g/mol. The van der Waals surface area contributed by atoms with Gasteiger partial charge in [-0.3, -0.25) is 4.90 Å². The van der Waals surface area contributed by atoms with Gasteiger partial charge in [-0.15, -0.1) is 0 Å². The molecule has 0 unspecified atom stereocenters. The fourth-order valence-corrected chi connectivity index (χ4v) is 2.15. The van der Waals surface area contributed by atoms with Crippen LogP contribution in [-0.2, 0) is 4.74 Å². The van der Waals surface area contributed by atoms with E-state index in [1.54, 1.807) is 12.3 Å². The van der Waals surface area contributed by atoms with Gasteiger partial charge in [-0.1, -0.05) is 23.2 Å². The number of halogens is 2. The minimum Gasteiger partial charge on any atom is -0.379 e. The first-order chi connectivity index (χ1) is 8.25. The molecule has 4 nitrogen and oxygen atoms in total. The van der Waals surface area contributed by atoms with Crippen LogP contribution in [0.1, 0.15) is 0 Å². The Hall–Kier alpha value is -0.550. The Morgan fingerprint density at radius 1 is 1.35 bits per heavy atom. The van der Waals surface area contributed by atoms with Crippen molar-refractivity contribution in [2.75, 3.05) is 44.7 Å². The number of hydrogen-bond donors (Lipinski definition) is 1. The lowest BCUT2D eigenvalue weighted by atomic mass is 10.4. The predicted molar refractivity (Wildman–Crippen MR) is 70.0 cm³/mol. The largest absolute Gasteiger partial charge is 0.379 e. The molecule has 1 aliphatic heterocycles. The molecule has 1 aliphatic rings. The fourth-order valence-electron chi connectivity index (χ4n) is 1.70. The third kappa shape index (κ3) is 4.00. The highest BCUT2D eigenvalue weighted by atomic mass is 35.5. The number of pyridine rings is 1. The Bertz CT molecular complexity index is 370. The molecule has 1 aromatic heterocycles. The number of rotatable bonds is 4. The predicted octanol–water partition coefficient (Wildman–Crippen LogP) is 2.13. The Morgan fingerprint density at radius 2 is 2.12 bits per heavy atom. The van der Waals surface area contributed by atoms with E-state index in [9.17, 15) is 0 Å². The summed E-state index contributed by atoms with van der Waals surface area (Å²) in [7, 11) is 0. The molecule has 0 bridgehead atoms. The van der Waals surface area contributed by atoms with E-state index in [0.717, 1.165) is 39.4 Å². The maximum absolute atomic E-state index is 6.01. The van der Waals surface area contributed by atoms with Crippen molar-refractivity contribution in [2.45, 2.75) is 0 Å². The monoisotopic (exact) mass is 275 g/mol. The summed E-state index contributed by atoms with van der Waals surface area (Å²) in [6, 6.07) is 1.69. The van der Waals surface area contributed by atoms with Gasteiger partial charge < -0.3 is 10.1 Å². The van der Waals surface area contributed by atoms with E-state index >= 15 is 0 Å². The van der Waals surface area contributed by atoms with Crippen LogP contribution in [0, 0.1) is 0 Å². The van der Waals surface area contributed by atoms with Crippen molar-refractivity contribution in [1.29, 1.82) is 0 Å². The van der Waals surface area contributed by atoms with Gasteiger partial charge in [0.05, 0.1) is 23.3 Å². The number of hydrogen-bond acceptors (Lipinski definition) is 4. The number of nitrogens with one attached hydrogen (secondary N) is 1. The van der Waals surface area contributed by atoms with E-state index in [-0.39, 0.29) is 0 Å². The molecule has 17 heavy (non-hydrogen) atoms. The lowest BCUT2D eigenvalue weighted by Gasteiger charge is -2.26. The Kier molecular flexibility index (Phi) is 4.86. The Labute approximate surface area is 111 Å². The smallest absolute Gasteiger partial charge is 0.144 e. The van der Waals surface area contributed by atoms with Crippen molar-refractivity contribution in [3.63, 3.8) is 0 Å². The lowest BCUT2D eigenvalue weighted by Crippen LogP contribution is -2.39. The zero-order valence-electron chi connectivity index (χ0n) is 9.46. The molecule has 0 aliphatic carbocycles. The van der Waals surface area contributed by atoms with Crippen molar-refractivity contribution < 1.29 is 4.74 Å². The number of ether oxygens (including phenoxy) is 1. The maximum Gasteiger partial charge on any atom is 0.144 e. The molecule has 0 atom stereocenters. The van der Waals surface area contributed by atoms with Crippen molar-refractivity contribution in [1.82, 2.24) is 9.88 Å². The highest BCUT2D eigenvalue weighted by molar-refractivity contribution is 6.35. The molecule has 2 heterocycles.